The van der Waals surface area contributed by atoms with E-state index in [0.29, 0.717) is 5.69 Å². The summed E-state index contributed by atoms with van der Waals surface area (Å²) in [6, 6.07) is 5.63. The van der Waals surface area contributed by atoms with Crippen molar-refractivity contribution in [2.24, 2.45) is 5.73 Å². The lowest BCUT2D eigenvalue weighted by Gasteiger charge is -2.30. The first-order valence-electron chi connectivity index (χ1n) is 5.95. The predicted octanol–water partition coefficient (Wildman–Crippen LogP) is 2.82. The Kier molecular flexibility index (Phi) is 3.44. The first kappa shape index (κ1) is 11.4. The van der Waals surface area contributed by atoms with Crippen molar-refractivity contribution < 1.29 is 4.39 Å². The predicted molar refractivity (Wildman–Crippen MR) is 65.0 cm³/mol. The zero-order valence-electron chi connectivity index (χ0n) is 9.67. The van der Waals surface area contributed by atoms with Gasteiger partial charge < -0.3 is 11.1 Å². The zero-order chi connectivity index (χ0) is 11.5. The summed E-state index contributed by atoms with van der Waals surface area (Å²) >= 11 is 0. The third kappa shape index (κ3) is 2.53. The van der Waals surface area contributed by atoms with Crippen molar-refractivity contribution in [1.29, 1.82) is 0 Å². The largest absolute Gasteiger partial charge is 0.378 e. The number of nitrogens with two attached hydrogens (primary N) is 1. The van der Waals surface area contributed by atoms with E-state index in [-0.39, 0.29) is 17.9 Å². The minimum absolute atomic E-state index is 0.148. The fraction of sp³-hybridized carbons (Fsp3) is 0.538. The molecule has 2 atom stereocenters. The van der Waals surface area contributed by atoms with Crippen molar-refractivity contribution in [3.05, 3.63) is 29.6 Å². The van der Waals surface area contributed by atoms with Gasteiger partial charge in [-0.2, -0.15) is 0 Å². The fourth-order valence-corrected chi connectivity index (χ4v) is 2.28. The molecule has 0 radical (unpaired) electrons. The summed E-state index contributed by atoms with van der Waals surface area (Å²) < 4.78 is 13.6. The number of hydrogen-bond donors (Lipinski definition) is 2. The molecule has 3 heteroatoms. The molecule has 88 valence electrons. The van der Waals surface area contributed by atoms with Gasteiger partial charge in [0.1, 0.15) is 5.82 Å². The molecule has 1 aromatic rings. The van der Waals surface area contributed by atoms with Gasteiger partial charge in [-0.1, -0.05) is 18.9 Å². The Bertz CT molecular complexity index is 365. The summed E-state index contributed by atoms with van der Waals surface area (Å²) in [6.07, 6.45) is 4.44. The van der Waals surface area contributed by atoms with Gasteiger partial charge in [-0.05, 0) is 37.5 Å². The molecule has 0 heterocycles. The molecule has 16 heavy (non-hydrogen) atoms. The molecule has 1 aliphatic rings. The van der Waals surface area contributed by atoms with Crippen LogP contribution < -0.4 is 11.1 Å². The standard InChI is InChI=1S/C13H19FN2/c1-9-6-7-12(10(14)8-9)16-13-5-3-2-4-11(13)15/h6-8,11,13,16H,2-5,15H2,1H3. The summed E-state index contributed by atoms with van der Waals surface area (Å²) in [5.74, 6) is -0.183. The van der Waals surface area contributed by atoms with E-state index in [2.05, 4.69) is 5.32 Å². The van der Waals surface area contributed by atoms with Gasteiger partial charge in [0.15, 0.2) is 0 Å². The number of benzene rings is 1. The number of hydrogen-bond acceptors (Lipinski definition) is 2. The van der Waals surface area contributed by atoms with Crippen molar-refractivity contribution in [2.75, 3.05) is 5.32 Å². The molecule has 0 spiro atoms. The SMILES string of the molecule is Cc1ccc(NC2CCCCC2N)c(F)c1. The van der Waals surface area contributed by atoms with Crippen molar-refractivity contribution in [3.8, 4) is 0 Å². The van der Waals surface area contributed by atoms with Crippen LogP contribution in [0.3, 0.4) is 0 Å². The van der Waals surface area contributed by atoms with Crippen LogP contribution in [0.4, 0.5) is 10.1 Å². The van der Waals surface area contributed by atoms with Gasteiger partial charge in [0.05, 0.1) is 5.69 Å². The Morgan fingerprint density at radius 2 is 2.06 bits per heavy atom. The first-order chi connectivity index (χ1) is 7.66. The van der Waals surface area contributed by atoms with Crippen LogP contribution in [0, 0.1) is 12.7 Å². The number of halogens is 1. The van der Waals surface area contributed by atoms with E-state index < -0.39 is 0 Å². The molecule has 2 unspecified atom stereocenters. The molecule has 0 bridgehead atoms. The highest BCUT2D eigenvalue weighted by Gasteiger charge is 2.22. The third-order valence-electron chi connectivity index (χ3n) is 3.28. The normalized spacial score (nSPS) is 25.4. The maximum absolute atomic E-state index is 13.6. The monoisotopic (exact) mass is 222 g/mol. The Labute approximate surface area is 96.0 Å². The van der Waals surface area contributed by atoms with Crippen LogP contribution in [-0.4, -0.2) is 12.1 Å². The van der Waals surface area contributed by atoms with Crippen LogP contribution in [0.5, 0.6) is 0 Å². The molecule has 1 fully saturated rings. The Morgan fingerprint density at radius 1 is 1.31 bits per heavy atom. The van der Waals surface area contributed by atoms with Crippen LogP contribution in [0.2, 0.25) is 0 Å². The van der Waals surface area contributed by atoms with Gasteiger partial charge in [-0.25, -0.2) is 4.39 Å². The highest BCUT2D eigenvalue weighted by Crippen LogP contribution is 2.23. The van der Waals surface area contributed by atoms with E-state index in [1.807, 2.05) is 13.0 Å². The van der Waals surface area contributed by atoms with Crippen molar-refractivity contribution in [2.45, 2.75) is 44.7 Å². The smallest absolute Gasteiger partial charge is 0.146 e. The van der Waals surface area contributed by atoms with Crippen LogP contribution in [-0.2, 0) is 0 Å². The van der Waals surface area contributed by atoms with Gasteiger partial charge >= 0.3 is 0 Å². The van der Waals surface area contributed by atoms with E-state index in [4.69, 9.17) is 5.73 Å². The summed E-state index contributed by atoms with van der Waals surface area (Å²) in [4.78, 5) is 0. The lowest BCUT2D eigenvalue weighted by molar-refractivity contribution is 0.403. The molecule has 2 nitrogen and oxygen atoms in total. The molecule has 0 amide bonds. The topological polar surface area (TPSA) is 38.0 Å². The quantitative estimate of drug-likeness (QED) is 0.807. The van der Waals surface area contributed by atoms with E-state index in [1.165, 1.54) is 12.8 Å². The van der Waals surface area contributed by atoms with Crippen molar-refractivity contribution in [1.82, 2.24) is 0 Å². The highest BCUT2D eigenvalue weighted by atomic mass is 19.1. The van der Waals surface area contributed by atoms with Crippen molar-refractivity contribution in [3.63, 3.8) is 0 Å². The van der Waals surface area contributed by atoms with E-state index in [9.17, 15) is 4.39 Å². The molecule has 3 N–H and O–H groups in total. The Balaban J connectivity index is 2.07. The van der Waals surface area contributed by atoms with E-state index in [0.717, 1.165) is 18.4 Å². The zero-order valence-corrected chi connectivity index (χ0v) is 9.67. The molecular formula is C13H19FN2. The van der Waals surface area contributed by atoms with Crippen LogP contribution in [0.15, 0.2) is 18.2 Å². The first-order valence-corrected chi connectivity index (χ1v) is 5.95. The van der Waals surface area contributed by atoms with Gasteiger partial charge in [0, 0.05) is 12.1 Å². The minimum Gasteiger partial charge on any atom is -0.378 e. The molecule has 0 aromatic heterocycles. The molecule has 1 aliphatic carbocycles. The molecule has 1 aromatic carbocycles. The van der Waals surface area contributed by atoms with Gasteiger partial charge in [-0.3, -0.25) is 0 Å². The highest BCUT2D eigenvalue weighted by molar-refractivity contribution is 5.47. The maximum atomic E-state index is 13.6. The minimum atomic E-state index is -0.183. The van der Waals surface area contributed by atoms with E-state index >= 15 is 0 Å². The lowest BCUT2D eigenvalue weighted by atomic mass is 9.91. The average Bonchev–Trinajstić information content (AvgIpc) is 2.25. The maximum Gasteiger partial charge on any atom is 0.146 e. The summed E-state index contributed by atoms with van der Waals surface area (Å²) in [5, 5.41) is 3.23. The van der Waals surface area contributed by atoms with Gasteiger partial charge in [0.25, 0.3) is 0 Å². The second-order valence-electron chi connectivity index (χ2n) is 4.68. The van der Waals surface area contributed by atoms with Crippen molar-refractivity contribution >= 4 is 5.69 Å². The van der Waals surface area contributed by atoms with E-state index in [1.54, 1.807) is 12.1 Å². The summed E-state index contributed by atoms with van der Waals surface area (Å²) in [7, 11) is 0. The second kappa shape index (κ2) is 4.83. The summed E-state index contributed by atoms with van der Waals surface area (Å²) in [5.41, 5.74) is 7.54. The van der Waals surface area contributed by atoms with Gasteiger partial charge in [0.2, 0.25) is 0 Å². The number of rotatable bonds is 2. The molecular weight excluding hydrogens is 203 g/mol. The fourth-order valence-electron chi connectivity index (χ4n) is 2.28. The molecule has 1 saturated carbocycles. The lowest BCUT2D eigenvalue weighted by Crippen LogP contribution is -2.42. The Morgan fingerprint density at radius 3 is 2.75 bits per heavy atom. The van der Waals surface area contributed by atoms with Crippen LogP contribution in [0.1, 0.15) is 31.2 Å². The Hall–Kier alpha value is -1.09. The van der Waals surface area contributed by atoms with Crippen LogP contribution >= 0.6 is 0 Å². The second-order valence-corrected chi connectivity index (χ2v) is 4.68. The number of nitrogens with one attached hydrogen (secondary N) is 1. The molecule has 2 rings (SSSR count). The van der Waals surface area contributed by atoms with Gasteiger partial charge in [-0.15, -0.1) is 0 Å². The summed E-state index contributed by atoms with van der Waals surface area (Å²) in [6.45, 7) is 1.89. The molecule has 0 aliphatic heterocycles. The third-order valence-corrected chi connectivity index (χ3v) is 3.28. The average molecular weight is 222 g/mol. The van der Waals surface area contributed by atoms with Crippen LogP contribution in [0.25, 0.3) is 0 Å². The molecule has 0 saturated heterocycles. The number of aryl methyl sites for hydroxylation is 1. The number of anilines is 1.